The van der Waals surface area contributed by atoms with Crippen molar-refractivity contribution in [1.82, 2.24) is 20.3 Å². The van der Waals surface area contributed by atoms with Crippen LogP contribution in [-0.2, 0) is 0 Å². The number of benzene rings is 2. The number of rotatable bonds is 6. The summed E-state index contributed by atoms with van der Waals surface area (Å²) in [5.41, 5.74) is 3.05. The lowest BCUT2D eigenvalue weighted by molar-refractivity contribution is 0.314. The highest BCUT2D eigenvalue weighted by molar-refractivity contribution is 5.73. The molecule has 0 aliphatic carbocycles. The molecule has 0 saturated heterocycles. The van der Waals surface area contributed by atoms with E-state index in [1.54, 1.807) is 0 Å². The van der Waals surface area contributed by atoms with E-state index < -0.39 is 0 Å². The highest BCUT2D eigenvalue weighted by Gasteiger charge is 2.17. The van der Waals surface area contributed by atoms with Crippen molar-refractivity contribution in [3.63, 3.8) is 0 Å². The maximum Gasteiger partial charge on any atom is 0.245 e. The van der Waals surface area contributed by atoms with Crippen LogP contribution in [0.3, 0.4) is 0 Å². The Kier molecular flexibility index (Phi) is 4.65. The summed E-state index contributed by atoms with van der Waals surface area (Å²) >= 11 is 0. The molecule has 0 aliphatic rings. The second-order valence-electron chi connectivity index (χ2n) is 6.39. The maximum atomic E-state index is 4.77. The monoisotopic (exact) mass is 360 g/mol. The van der Waals surface area contributed by atoms with Gasteiger partial charge in [0.1, 0.15) is 0 Å². The highest BCUT2D eigenvalue weighted by Crippen LogP contribution is 2.27. The van der Waals surface area contributed by atoms with E-state index in [2.05, 4.69) is 69.0 Å². The van der Waals surface area contributed by atoms with Crippen LogP contribution in [-0.4, -0.2) is 20.3 Å². The predicted molar refractivity (Wildman–Crippen MR) is 104 cm³/mol. The molecule has 7 nitrogen and oxygen atoms in total. The first kappa shape index (κ1) is 17.0. The summed E-state index contributed by atoms with van der Waals surface area (Å²) in [4.78, 5) is 9.09. The third kappa shape index (κ3) is 3.72. The first-order valence-electron chi connectivity index (χ1n) is 8.84. The minimum atomic E-state index is 0.0467. The van der Waals surface area contributed by atoms with Gasteiger partial charge in [-0.2, -0.15) is 0 Å². The minimum Gasteiger partial charge on any atom is -0.360 e. The number of nitrogens with zero attached hydrogens (tertiary/aromatic N) is 4. The second-order valence-corrected chi connectivity index (χ2v) is 6.39. The Labute approximate surface area is 156 Å². The number of fused-ring (bicyclic) bond motifs is 1. The van der Waals surface area contributed by atoms with Gasteiger partial charge in [0.05, 0.1) is 12.1 Å². The summed E-state index contributed by atoms with van der Waals surface area (Å²) < 4.78 is 4.77. The summed E-state index contributed by atoms with van der Waals surface area (Å²) in [6.07, 6.45) is 0. The predicted octanol–water partition coefficient (Wildman–Crippen LogP) is 4.36. The normalized spacial score (nSPS) is 13.3. The molecule has 0 fully saturated rings. The van der Waals surface area contributed by atoms with E-state index in [0.29, 0.717) is 22.9 Å². The molecule has 0 saturated carbocycles. The number of hydrogen-bond donors (Lipinski definition) is 2. The fraction of sp³-hybridized carbons (Fsp3) is 0.200. The Balaban J connectivity index is 1.65. The molecule has 0 radical (unpaired) electrons. The highest BCUT2D eigenvalue weighted by atomic mass is 16.6. The average molecular weight is 360 g/mol. The Morgan fingerprint density at radius 2 is 1.07 bits per heavy atom. The van der Waals surface area contributed by atoms with Gasteiger partial charge in [-0.1, -0.05) is 60.7 Å². The van der Waals surface area contributed by atoms with Gasteiger partial charge in [-0.3, -0.25) is 0 Å². The summed E-state index contributed by atoms with van der Waals surface area (Å²) in [5, 5.41) is 14.5. The number of aromatic nitrogens is 4. The van der Waals surface area contributed by atoms with Gasteiger partial charge in [0, 0.05) is 0 Å². The molecular formula is C20H20N6O. The van der Waals surface area contributed by atoms with Crippen molar-refractivity contribution >= 4 is 22.9 Å². The lowest BCUT2D eigenvalue weighted by atomic mass is 10.1. The summed E-state index contributed by atoms with van der Waals surface area (Å²) in [5.74, 6) is 1.22. The average Bonchev–Trinajstić information content (AvgIpc) is 3.16. The zero-order chi connectivity index (χ0) is 18.6. The van der Waals surface area contributed by atoms with Gasteiger partial charge in [0.25, 0.3) is 0 Å². The lowest BCUT2D eigenvalue weighted by Gasteiger charge is -2.20. The summed E-state index contributed by atoms with van der Waals surface area (Å²) in [7, 11) is 0. The molecule has 0 aliphatic heterocycles. The molecule has 7 heteroatoms. The number of nitrogens with one attached hydrogen (secondary N) is 2. The van der Waals surface area contributed by atoms with E-state index in [9.17, 15) is 0 Å². The number of hydrogen-bond acceptors (Lipinski definition) is 7. The van der Waals surface area contributed by atoms with Crippen LogP contribution in [0.5, 0.6) is 0 Å². The quantitative estimate of drug-likeness (QED) is 0.528. The molecule has 2 atom stereocenters. The fourth-order valence-corrected chi connectivity index (χ4v) is 2.90. The van der Waals surface area contributed by atoms with Gasteiger partial charge in [-0.05, 0) is 35.3 Å². The molecule has 4 aromatic rings. The van der Waals surface area contributed by atoms with Gasteiger partial charge in [0.2, 0.25) is 11.3 Å². The lowest BCUT2D eigenvalue weighted by Crippen LogP contribution is -2.14. The van der Waals surface area contributed by atoms with Crippen molar-refractivity contribution in [2.45, 2.75) is 25.9 Å². The van der Waals surface area contributed by atoms with Crippen LogP contribution in [0.4, 0.5) is 11.6 Å². The standard InChI is InChI=1S/C20H20N6O/c1-13(15-9-5-3-6-10-15)21-17-18(24-20-19(23-17)25-27-26-20)22-14(2)16-11-7-4-8-12-16/h3-14H,1-2H3,(H,21,23,25)(H,22,24,26)/t13-,14-/m1/s1. The Morgan fingerprint density at radius 1 is 0.667 bits per heavy atom. The van der Waals surface area contributed by atoms with Gasteiger partial charge >= 0.3 is 0 Å². The Hall–Kier alpha value is -3.48. The third-order valence-corrected chi connectivity index (χ3v) is 4.42. The fourth-order valence-electron chi connectivity index (χ4n) is 2.90. The van der Waals surface area contributed by atoms with Crippen LogP contribution in [0.25, 0.3) is 11.3 Å². The van der Waals surface area contributed by atoms with Crippen LogP contribution >= 0.6 is 0 Å². The molecule has 2 aromatic carbocycles. The molecule has 0 bridgehead atoms. The van der Waals surface area contributed by atoms with E-state index in [1.807, 2.05) is 36.4 Å². The Bertz CT molecular complexity index is 937. The van der Waals surface area contributed by atoms with E-state index in [-0.39, 0.29) is 12.1 Å². The van der Waals surface area contributed by atoms with Crippen LogP contribution in [0.1, 0.15) is 37.1 Å². The largest absolute Gasteiger partial charge is 0.360 e. The van der Waals surface area contributed by atoms with Crippen molar-refractivity contribution in [3.8, 4) is 0 Å². The van der Waals surface area contributed by atoms with E-state index in [1.165, 1.54) is 0 Å². The molecule has 0 unspecified atom stereocenters. The van der Waals surface area contributed by atoms with Crippen molar-refractivity contribution in [3.05, 3.63) is 71.8 Å². The van der Waals surface area contributed by atoms with Crippen LogP contribution in [0.2, 0.25) is 0 Å². The number of anilines is 2. The van der Waals surface area contributed by atoms with Gasteiger partial charge in [0.15, 0.2) is 11.6 Å². The summed E-state index contributed by atoms with van der Waals surface area (Å²) in [6.45, 7) is 4.15. The molecule has 2 N–H and O–H groups in total. The minimum absolute atomic E-state index is 0.0467. The second kappa shape index (κ2) is 7.41. The molecule has 0 amide bonds. The van der Waals surface area contributed by atoms with Crippen LogP contribution < -0.4 is 10.6 Å². The first-order chi connectivity index (χ1) is 13.2. The van der Waals surface area contributed by atoms with Gasteiger partial charge in [-0.25, -0.2) is 14.6 Å². The first-order valence-corrected chi connectivity index (χ1v) is 8.84. The maximum absolute atomic E-state index is 4.77. The third-order valence-electron chi connectivity index (χ3n) is 4.42. The molecule has 136 valence electrons. The van der Waals surface area contributed by atoms with Crippen LogP contribution in [0.15, 0.2) is 65.3 Å². The van der Waals surface area contributed by atoms with E-state index in [0.717, 1.165) is 11.1 Å². The SMILES string of the molecule is C[C@@H](Nc1nc2nonc2nc1N[C@H](C)c1ccccc1)c1ccccc1. The van der Waals surface area contributed by atoms with E-state index >= 15 is 0 Å². The molecule has 27 heavy (non-hydrogen) atoms. The van der Waals surface area contributed by atoms with Crippen LogP contribution in [0, 0.1) is 0 Å². The van der Waals surface area contributed by atoms with Gasteiger partial charge in [-0.15, -0.1) is 0 Å². The van der Waals surface area contributed by atoms with Crippen molar-refractivity contribution in [2.24, 2.45) is 0 Å². The molecular weight excluding hydrogens is 340 g/mol. The van der Waals surface area contributed by atoms with E-state index in [4.69, 9.17) is 4.63 Å². The molecule has 2 heterocycles. The topological polar surface area (TPSA) is 88.8 Å². The zero-order valence-corrected chi connectivity index (χ0v) is 15.1. The van der Waals surface area contributed by atoms with Crippen molar-refractivity contribution in [1.29, 1.82) is 0 Å². The smallest absolute Gasteiger partial charge is 0.245 e. The summed E-state index contributed by atoms with van der Waals surface area (Å²) in [6, 6.07) is 20.4. The molecule has 4 rings (SSSR count). The molecule has 2 aromatic heterocycles. The Morgan fingerprint density at radius 3 is 1.48 bits per heavy atom. The van der Waals surface area contributed by atoms with Crippen molar-refractivity contribution < 1.29 is 4.63 Å². The molecule has 0 spiro atoms. The zero-order valence-electron chi connectivity index (χ0n) is 15.1. The van der Waals surface area contributed by atoms with Gasteiger partial charge < -0.3 is 10.6 Å². The van der Waals surface area contributed by atoms with Crippen molar-refractivity contribution in [2.75, 3.05) is 10.6 Å².